The van der Waals surface area contributed by atoms with Gasteiger partial charge < -0.3 is 26.0 Å². The number of ether oxygens (including phenoxy) is 1. The Balaban J connectivity index is 2.61. The van der Waals surface area contributed by atoms with E-state index < -0.39 is 4.92 Å². The highest BCUT2D eigenvalue weighted by molar-refractivity contribution is 5.90. The maximum absolute atomic E-state index is 11.9. The third kappa shape index (κ3) is 4.95. The molecule has 10 heteroatoms. The topological polar surface area (TPSA) is 126 Å². The lowest BCUT2D eigenvalue weighted by Crippen LogP contribution is -2.17. The molecule has 0 atom stereocenters. The van der Waals surface area contributed by atoms with Gasteiger partial charge in [0.05, 0.1) is 22.0 Å². The number of nitrogens with one attached hydrogen (secondary N) is 4. The number of hydrogen-bond acceptors (Lipinski definition) is 9. The SMILES string of the molecule is CCC(CC)Oc1nc(C)nc(Nc2c(NC)cc(NC)cc2NC)c1[N+](=O)[O-]. The van der Waals surface area contributed by atoms with Crippen molar-refractivity contribution < 1.29 is 9.66 Å². The molecule has 29 heavy (non-hydrogen) atoms. The van der Waals surface area contributed by atoms with E-state index in [-0.39, 0.29) is 23.5 Å². The first-order chi connectivity index (χ1) is 13.9. The van der Waals surface area contributed by atoms with Gasteiger partial charge in [0, 0.05) is 26.8 Å². The summed E-state index contributed by atoms with van der Waals surface area (Å²) in [4.78, 5) is 19.8. The lowest BCUT2D eigenvalue weighted by atomic mass is 10.2. The van der Waals surface area contributed by atoms with Crippen LogP contribution >= 0.6 is 0 Å². The molecular formula is C19H29N7O3. The molecule has 2 aromatic rings. The van der Waals surface area contributed by atoms with E-state index >= 15 is 0 Å². The van der Waals surface area contributed by atoms with E-state index in [1.54, 1.807) is 21.0 Å². The predicted octanol–water partition coefficient (Wildman–Crippen LogP) is 4.13. The van der Waals surface area contributed by atoms with Crippen LogP contribution in [0.5, 0.6) is 5.88 Å². The minimum absolute atomic E-state index is 0.0254. The zero-order valence-corrected chi connectivity index (χ0v) is 17.7. The molecule has 0 aliphatic carbocycles. The number of hydrogen-bond donors (Lipinski definition) is 4. The molecule has 0 aliphatic heterocycles. The van der Waals surface area contributed by atoms with Crippen molar-refractivity contribution >= 4 is 34.3 Å². The monoisotopic (exact) mass is 403 g/mol. The van der Waals surface area contributed by atoms with E-state index in [2.05, 4.69) is 31.2 Å². The molecule has 10 nitrogen and oxygen atoms in total. The summed E-state index contributed by atoms with van der Waals surface area (Å²) in [6, 6.07) is 3.79. The Kier molecular flexibility index (Phi) is 7.40. The quantitative estimate of drug-likeness (QED) is 0.342. The number of aryl methyl sites for hydroxylation is 1. The summed E-state index contributed by atoms with van der Waals surface area (Å²) in [6.45, 7) is 5.61. The summed E-state index contributed by atoms with van der Waals surface area (Å²) >= 11 is 0. The van der Waals surface area contributed by atoms with Crippen LogP contribution in [0, 0.1) is 17.0 Å². The molecule has 2 rings (SSSR count). The summed E-state index contributed by atoms with van der Waals surface area (Å²) in [7, 11) is 5.38. The Morgan fingerprint density at radius 1 is 1.07 bits per heavy atom. The molecule has 0 fully saturated rings. The first kappa shape index (κ1) is 22.0. The number of aromatic nitrogens is 2. The van der Waals surface area contributed by atoms with Crippen LogP contribution in [0.15, 0.2) is 12.1 Å². The van der Waals surface area contributed by atoms with Crippen LogP contribution < -0.4 is 26.0 Å². The van der Waals surface area contributed by atoms with E-state index in [4.69, 9.17) is 4.74 Å². The molecule has 1 aromatic heterocycles. The van der Waals surface area contributed by atoms with Crippen molar-refractivity contribution in [1.29, 1.82) is 0 Å². The first-order valence-corrected chi connectivity index (χ1v) is 9.56. The highest BCUT2D eigenvalue weighted by Gasteiger charge is 2.28. The second kappa shape index (κ2) is 9.76. The molecule has 0 saturated heterocycles. The van der Waals surface area contributed by atoms with Crippen molar-refractivity contribution in [1.82, 2.24) is 9.97 Å². The summed E-state index contributed by atoms with van der Waals surface area (Å²) < 4.78 is 5.84. The van der Waals surface area contributed by atoms with Crippen LogP contribution in [-0.4, -0.2) is 42.1 Å². The zero-order chi connectivity index (χ0) is 21.6. The highest BCUT2D eigenvalue weighted by Crippen LogP contribution is 2.40. The molecular weight excluding hydrogens is 374 g/mol. The predicted molar refractivity (Wildman–Crippen MR) is 117 cm³/mol. The second-order valence-corrected chi connectivity index (χ2v) is 6.41. The Bertz CT molecular complexity index is 844. The van der Waals surface area contributed by atoms with Crippen molar-refractivity contribution in [2.45, 2.75) is 39.7 Å². The van der Waals surface area contributed by atoms with Crippen molar-refractivity contribution in [3.05, 3.63) is 28.1 Å². The Morgan fingerprint density at radius 3 is 2.10 bits per heavy atom. The average molecular weight is 403 g/mol. The molecule has 0 unspecified atom stereocenters. The van der Waals surface area contributed by atoms with Crippen LogP contribution in [0.1, 0.15) is 32.5 Å². The fraction of sp³-hybridized carbons (Fsp3) is 0.474. The van der Waals surface area contributed by atoms with Gasteiger partial charge >= 0.3 is 5.69 Å². The van der Waals surface area contributed by atoms with Crippen LogP contribution in [0.3, 0.4) is 0 Å². The van der Waals surface area contributed by atoms with Crippen LogP contribution in [0.4, 0.5) is 34.3 Å². The Morgan fingerprint density at radius 2 is 1.66 bits per heavy atom. The van der Waals surface area contributed by atoms with Gasteiger partial charge in [0.1, 0.15) is 11.9 Å². The molecule has 0 saturated carbocycles. The van der Waals surface area contributed by atoms with Crippen LogP contribution in [0.25, 0.3) is 0 Å². The van der Waals surface area contributed by atoms with Gasteiger partial charge in [0.15, 0.2) is 0 Å². The minimum Gasteiger partial charge on any atom is -0.469 e. The van der Waals surface area contributed by atoms with Crippen molar-refractivity contribution in [2.75, 3.05) is 42.4 Å². The molecule has 4 N–H and O–H groups in total. The number of anilines is 5. The summed E-state index contributed by atoms with van der Waals surface area (Å²) in [5.41, 5.74) is 2.71. The number of benzene rings is 1. The second-order valence-electron chi connectivity index (χ2n) is 6.41. The van der Waals surface area contributed by atoms with Crippen molar-refractivity contribution in [3.63, 3.8) is 0 Å². The molecule has 1 heterocycles. The molecule has 0 radical (unpaired) electrons. The molecule has 0 spiro atoms. The third-order valence-electron chi connectivity index (χ3n) is 4.54. The largest absolute Gasteiger partial charge is 0.469 e. The fourth-order valence-corrected chi connectivity index (χ4v) is 2.92. The first-order valence-electron chi connectivity index (χ1n) is 9.56. The molecule has 158 valence electrons. The number of nitro groups is 1. The molecule has 0 bridgehead atoms. The minimum atomic E-state index is -0.514. The van der Waals surface area contributed by atoms with E-state index in [1.165, 1.54) is 0 Å². The van der Waals surface area contributed by atoms with Crippen LogP contribution in [-0.2, 0) is 0 Å². The Labute approximate surface area is 170 Å². The summed E-state index contributed by atoms with van der Waals surface area (Å²) in [6.07, 6.45) is 1.28. The molecule has 0 amide bonds. The van der Waals surface area contributed by atoms with Gasteiger partial charge in [0.25, 0.3) is 5.88 Å². The lowest BCUT2D eigenvalue weighted by molar-refractivity contribution is -0.385. The molecule has 1 aromatic carbocycles. The summed E-state index contributed by atoms with van der Waals surface area (Å²) in [5, 5.41) is 24.3. The van der Waals surface area contributed by atoms with E-state index in [0.29, 0.717) is 11.5 Å². The van der Waals surface area contributed by atoms with Crippen molar-refractivity contribution in [3.8, 4) is 5.88 Å². The lowest BCUT2D eigenvalue weighted by Gasteiger charge is -2.19. The van der Waals surface area contributed by atoms with Gasteiger partial charge in [-0.05, 0) is 31.9 Å². The number of rotatable bonds is 10. The number of nitrogens with zero attached hydrogens (tertiary/aromatic N) is 3. The molecule has 0 aliphatic rings. The fourth-order valence-electron chi connectivity index (χ4n) is 2.92. The van der Waals surface area contributed by atoms with Gasteiger partial charge in [-0.15, -0.1) is 0 Å². The van der Waals surface area contributed by atoms with Gasteiger partial charge in [-0.1, -0.05) is 13.8 Å². The maximum Gasteiger partial charge on any atom is 0.373 e. The zero-order valence-electron chi connectivity index (χ0n) is 17.7. The van der Waals surface area contributed by atoms with Gasteiger partial charge in [-0.3, -0.25) is 10.1 Å². The summed E-state index contributed by atoms with van der Waals surface area (Å²) in [5.74, 6) is 0.430. The van der Waals surface area contributed by atoms with Crippen molar-refractivity contribution in [2.24, 2.45) is 0 Å². The van der Waals surface area contributed by atoms with Crippen LogP contribution in [0.2, 0.25) is 0 Å². The third-order valence-corrected chi connectivity index (χ3v) is 4.54. The van der Waals surface area contributed by atoms with Gasteiger partial charge in [0.2, 0.25) is 5.82 Å². The van der Waals surface area contributed by atoms with E-state index in [9.17, 15) is 10.1 Å². The smallest absolute Gasteiger partial charge is 0.373 e. The highest BCUT2D eigenvalue weighted by atomic mass is 16.6. The Hall–Kier alpha value is -3.30. The van der Waals surface area contributed by atoms with E-state index in [1.807, 2.05) is 33.0 Å². The van der Waals surface area contributed by atoms with Gasteiger partial charge in [-0.25, -0.2) is 4.98 Å². The normalized spacial score (nSPS) is 10.6. The van der Waals surface area contributed by atoms with E-state index in [0.717, 1.165) is 29.9 Å². The standard InChI is InChI=1S/C19H29N7O3/c1-7-13(8-2)29-19-17(26(27)28)18(23-11(3)24-19)25-16-14(21-5)9-12(20-4)10-15(16)22-6/h9-10,13,20-22H,7-8H2,1-6H3,(H,23,24,25). The maximum atomic E-state index is 11.9. The average Bonchev–Trinajstić information content (AvgIpc) is 2.71. The van der Waals surface area contributed by atoms with Gasteiger partial charge in [-0.2, -0.15) is 4.98 Å².